The van der Waals surface area contributed by atoms with Crippen LogP contribution in [0.1, 0.15) is 6.92 Å². The lowest BCUT2D eigenvalue weighted by Crippen LogP contribution is -2.02. The van der Waals surface area contributed by atoms with Crippen molar-refractivity contribution in [2.45, 2.75) is 6.92 Å². The monoisotopic (exact) mass is 315 g/mol. The van der Waals surface area contributed by atoms with E-state index in [4.69, 9.17) is 11.6 Å². The molecule has 106 valence electrons. The van der Waals surface area contributed by atoms with E-state index in [-0.39, 0.29) is 0 Å². The maximum atomic E-state index is 6.03. The minimum atomic E-state index is 0.716. The van der Waals surface area contributed by atoms with Crippen LogP contribution in [0.2, 0.25) is 4.34 Å². The Kier molecular flexibility index (Phi) is 4.18. The Morgan fingerprint density at radius 2 is 1.90 bits per heavy atom. The van der Waals surface area contributed by atoms with Gasteiger partial charge in [0.2, 0.25) is 0 Å². The van der Waals surface area contributed by atoms with Gasteiger partial charge in [-0.15, -0.1) is 11.3 Å². The highest BCUT2D eigenvalue weighted by Gasteiger charge is 2.10. The quantitative estimate of drug-likeness (QED) is 0.739. The molecular formula is C16H14ClN3S. The van der Waals surface area contributed by atoms with E-state index < -0.39 is 0 Å². The minimum absolute atomic E-state index is 0.716. The summed E-state index contributed by atoms with van der Waals surface area (Å²) in [5.41, 5.74) is 1.89. The number of hydrogen-bond donors (Lipinski definition) is 1. The highest BCUT2D eigenvalue weighted by molar-refractivity contribution is 7.19. The number of aromatic nitrogens is 2. The average molecular weight is 316 g/mol. The molecule has 0 aliphatic heterocycles. The fourth-order valence-electron chi connectivity index (χ4n) is 2.01. The molecule has 0 saturated carbocycles. The Bertz CT molecular complexity index is 740. The zero-order valence-electron chi connectivity index (χ0n) is 11.5. The normalized spacial score (nSPS) is 10.6. The molecule has 0 fully saturated rings. The van der Waals surface area contributed by atoms with Crippen LogP contribution < -0.4 is 5.32 Å². The molecule has 2 heterocycles. The lowest BCUT2D eigenvalue weighted by atomic mass is 10.2. The molecule has 2 aromatic heterocycles. The standard InChI is InChI=1S/C16H14ClN3S/c1-2-18-15-10-12(13-8-9-14(17)21-13)19-16(20-15)11-6-4-3-5-7-11/h3-10H,2H2,1H3,(H,18,19,20). The Labute approximate surface area is 132 Å². The van der Waals surface area contributed by atoms with E-state index in [1.807, 2.05) is 55.5 Å². The van der Waals surface area contributed by atoms with Gasteiger partial charge in [-0.1, -0.05) is 41.9 Å². The molecule has 0 spiro atoms. The van der Waals surface area contributed by atoms with E-state index in [2.05, 4.69) is 15.3 Å². The second-order valence-corrected chi connectivity index (χ2v) is 6.18. The van der Waals surface area contributed by atoms with Crippen molar-refractivity contribution in [3.05, 3.63) is 52.9 Å². The van der Waals surface area contributed by atoms with Gasteiger partial charge in [0.1, 0.15) is 5.82 Å². The first kappa shape index (κ1) is 14.0. The van der Waals surface area contributed by atoms with Gasteiger partial charge in [0.25, 0.3) is 0 Å². The van der Waals surface area contributed by atoms with E-state index in [1.165, 1.54) is 11.3 Å². The largest absolute Gasteiger partial charge is 0.370 e. The molecule has 0 bridgehead atoms. The summed E-state index contributed by atoms with van der Waals surface area (Å²) in [5, 5.41) is 3.26. The van der Waals surface area contributed by atoms with Crippen LogP contribution in [0.3, 0.4) is 0 Å². The highest BCUT2D eigenvalue weighted by atomic mass is 35.5. The maximum Gasteiger partial charge on any atom is 0.162 e. The second kappa shape index (κ2) is 6.24. The van der Waals surface area contributed by atoms with Crippen molar-refractivity contribution >= 4 is 28.8 Å². The molecule has 3 aromatic rings. The lowest BCUT2D eigenvalue weighted by Gasteiger charge is -2.08. The summed E-state index contributed by atoms with van der Waals surface area (Å²) in [5.74, 6) is 1.54. The lowest BCUT2D eigenvalue weighted by molar-refractivity contribution is 1.12. The number of nitrogens with one attached hydrogen (secondary N) is 1. The van der Waals surface area contributed by atoms with Crippen LogP contribution in [0, 0.1) is 0 Å². The predicted octanol–water partition coefficient (Wildman–Crippen LogP) is 4.96. The summed E-state index contributed by atoms with van der Waals surface area (Å²) >= 11 is 7.55. The van der Waals surface area contributed by atoms with Crippen LogP contribution in [0.5, 0.6) is 0 Å². The summed E-state index contributed by atoms with van der Waals surface area (Å²) < 4.78 is 0.759. The molecule has 1 N–H and O–H groups in total. The number of benzene rings is 1. The summed E-state index contributed by atoms with van der Waals surface area (Å²) in [6.07, 6.45) is 0. The van der Waals surface area contributed by atoms with Crippen molar-refractivity contribution in [1.82, 2.24) is 9.97 Å². The number of rotatable bonds is 4. The summed E-state index contributed by atoms with van der Waals surface area (Å²) in [4.78, 5) is 10.3. The molecule has 0 radical (unpaired) electrons. The zero-order chi connectivity index (χ0) is 14.7. The second-order valence-electron chi connectivity index (χ2n) is 4.46. The maximum absolute atomic E-state index is 6.03. The Hall–Kier alpha value is -1.91. The molecule has 0 atom stereocenters. The first-order chi connectivity index (χ1) is 10.3. The number of anilines is 1. The van der Waals surface area contributed by atoms with Gasteiger partial charge in [-0.05, 0) is 19.1 Å². The average Bonchev–Trinajstić information content (AvgIpc) is 2.95. The SMILES string of the molecule is CCNc1cc(-c2ccc(Cl)s2)nc(-c2ccccc2)n1. The van der Waals surface area contributed by atoms with Crippen molar-refractivity contribution in [1.29, 1.82) is 0 Å². The van der Waals surface area contributed by atoms with E-state index in [9.17, 15) is 0 Å². The van der Waals surface area contributed by atoms with E-state index in [1.54, 1.807) is 0 Å². The van der Waals surface area contributed by atoms with Crippen molar-refractivity contribution in [3.63, 3.8) is 0 Å². The van der Waals surface area contributed by atoms with E-state index in [0.29, 0.717) is 5.82 Å². The van der Waals surface area contributed by atoms with Gasteiger partial charge in [0.15, 0.2) is 5.82 Å². The van der Waals surface area contributed by atoms with Crippen molar-refractivity contribution < 1.29 is 0 Å². The van der Waals surface area contributed by atoms with Crippen LogP contribution in [0.25, 0.3) is 22.0 Å². The molecule has 1 aromatic carbocycles. The van der Waals surface area contributed by atoms with Crippen LogP contribution >= 0.6 is 22.9 Å². The van der Waals surface area contributed by atoms with Gasteiger partial charge < -0.3 is 5.32 Å². The number of halogens is 1. The molecule has 3 rings (SSSR count). The molecule has 5 heteroatoms. The van der Waals surface area contributed by atoms with Crippen molar-refractivity contribution in [2.24, 2.45) is 0 Å². The summed E-state index contributed by atoms with van der Waals surface area (Å²) in [7, 11) is 0. The Morgan fingerprint density at radius 1 is 1.10 bits per heavy atom. The predicted molar refractivity (Wildman–Crippen MR) is 90.0 cm³/mol. The van der Waals surface area contributed by atoms with Crippen LogP contribution in [-0.4, -0.2) is 16.5 Å². The van der Waals surface area contributed by atoms with Gasteiger partial charge in [-0.25, -0.2) is 9.97 Å². The van der Waals surface area contributed by atoms with Crippen molar-refractivity contribution in [3.8, 4) is 22.0 Å². The van der Waals surface area contributed by atoms with E-state index >= 15 is 0 Å². The Morgan fingerprint density at radius 3 is 2.57 bits per heavy atom. The Balaban J connectivity index is 2.10. The number of nitrogens with zero attached hydrogens (tertiary/aromatic N) is 2. The summed E-state index contributed by atoms with van der Waals surface area (Å²) in [6, 6.07) is 15.8. The van der Waals surface area contributed by atoms with Gasteiger partial charge in [-0.2, -0.15) is 0 Å². The molecule has 0 amide bonds. The molecule has 0 saturated heterocycles. The van der Waals surface area contributed by atoms with Crippen LogP contribution in [-0.2, 0) is 0 Å². The molecule has 0 aliphatic carbocycles. The van der Waals surface area contributed by atoms with Crippen molar-refractivity contribution in [2.75, 3.05) is 11.9 Å². The molecule has 21 heavy (non-hydrogen) atoms. The molecule has 0 aliphatic rings. The summed E-state index contributed by atoms with van der Waals surface area (Å²) in [6.45, 7) is 2.86. The van der Waals surface area contributed by atoms with Gasteiger partial charge in [-0.3, -0.25) is 0 Å². The number of hydrogen-bond acceptors (Lipinski definition) is 4. The van der Waals surface area contributed by atoms with E-state index in [0.717, 1.165) is 32.8 Å². The molecule has 3 nitrogen and oxygen atoms in total. The number of thiophene rings is 1. The zero-order valence-corrected chi connectivity index (χ0v) is 13.1. The third-order valence-corrected chi connectivity index (χ3v) is 4.20. The minimum Gasteiger partial charge on any atom is -0.370 e. The van der Waals surface area contributed by atoms with Crippen LogP contribution in [0.15, 0.2) is 48.5 Å². The third-order valence-electron chi connectivity index (χ3n) is 2.94. The fourth-order valence-corrected chi connectivity index (χ4v) is 3.02. The first-order valence-electron chi connectivity index (χ1n) is 6.70. The first-order valence-corrected chi connectivity index (χ1v) is 7.90. The fraction of sp³-hybridized carbons (Fsp3) is 0.125. The topological polar surface area (TPSA) is 37.8 Å². The van der Waals surface area contributed by atoms with Gasteiger partial charge in [0, 0.05) is 18.2 Å². The smallest absolute Gasteiger partial charge is 0.162 e. The molecular weight excluding hydrogens is 302 g/mol. The van der Waals surface area contributed by atoms with Crippen LogP contribution in [0.4, 0.5) is 5.82 Å². The molecule has 0 unspecified atom stereocenters. The van der Waals surface area contributed by atoms with Gasteiger partial charge in [0.05, 0.1) is 14.9 Å². The highest BCUT2D eigenvalue weighted by Crippen LogP contribution is 2.32. The third kappa shape index (κ3) is 3.23. The van der Waals surface area contributed by atoms with Gasteiger partial charge >= 0.3 is 0 Å².